The molecule has 0 radical (unpaired) electrons. The Kier molecular flexibility index (Phi) is 8.49. The maximum absolute atomic E-state index is 15.4. The molecule has 2 N–H and O–H groups in total. The molecule has 2 aromatic heterocycles. The van der Waals surface area contributed by atoms with E-state index >= 15 is 8.78 Å². The van der Waals surface area contributed by atoms with Crippen molar-refractivity contribution in [2.45, 2.75) is 25.6 Å². The molecule has 0 spiro atoms. The molecule has 0 aliphatic heterocycles. The van der Waals surface area contributed by atoms with Crippen molar-refractivity contribution in [1.29, 1.82) is 0 Å². The first-order chi connectivity index (χ1) is 21.3. The third-order valence-corrected chi connectivity index (χ3v) is 6.98. The predicted octanol–water partition coefficient (Wildman–Crippen LogP) is 6.22. The van der Waals surface area contributed by atoms with Gasteiger partial charge in [-0.2, -0.15) is 26.6 Å². The zero-order valence-electron chi connectivity index (χ0n) is 23.5. The van der Waals surface area contributed by atoms with Crippen molar-refractivity contribution in [2.24, 2.45) is 13.0 Å². The SMILES string of the molecule is COc1cc(F)c(-c2c(NC(=O)c3ccc(OC(F)F)cc3)c(=O)n(-c3nc(NCC4CC4)ccc3C(F)(F)F)n2C)c(F)c1. The second kappa shape index (κ2) is 12.2. The maximum Gasteiger partial charge on any atom is 0.420 e. The number of methoxy groups -OCH3 is 1. The van der Waals surface area contributed by atoms with Crippen LogP contribution in [-0.2, 0) is 13.2 Å². The number of amides is 1. The number of ether oxygens (including phenoxy) is 2. The zero-order chi connectivity index (χ0) is 32.6. The summed E-state index contributed by atoms with van der Waals surface area (Å²) >= 11 is 0. The van der Waals surface area contributed by atoms with E-state index in [0.717, 1.165) is 74.1 Å². The van der Waals surface area contributed by atoms with Gasteiger partial charge in [0, 0.05) is 31.3 Å². The van der Waals surface area contributed by atoms with Crippen LogP contribution in [0.4, 0.5) is 42.2 Å². The molecule has 2 heterocycles. The van der Waals surface area contributed by atoms with Crippen LogP contribution in [0.3, 0.4) is 0 Å². The first kappa shape index (κ1) is 31.4. The number of hydrogen-bond donors (Lipinski definition) is 2. The lowest BCUT2D eigenvalue weighted by Gasteiger charge is -2.17. The third-order valence-electron chi connectivity index (χ3n) is 6.98. The first-order valence-corrected chi connectivity index (χ1v) is 13.3. The normalized spacial score (nSPS) is 13.2. The number of nitrogens with zero attached hydrogens (tertiary/aromatic N) is 3. The first-order valence-electron chi connectivity index (χ1n) is 13.3. The summed E-state index contributed by atoms with van der Waals surface area (Å²) < 4.78 is 109. The Hall–Kier alpha value is -5.02. The molecule has 0 atom stereocenters. The fourth-order valence-corrected chi connectivity index (χ4v) is 4.61. The van der Waals surface area contributed by atoms with E-state index in [4.69, 9.17) is 4.74 Å². The number of carbonyl (C=O) groups excluding carboxylic acids is 1. The molecule has 9 nitrogen and oxygen atoms in total. The fourth-order valence-electron chi connectivity index (χ4n) is 4.61. The molecule has 2 aromatic carbocycles. The van der Waals surface area contributed by atoms with Crippen LogP contribution in [-0.4, -0.2) is 40.5 Å². The Morgan fingerprint density at radius 1 is 1.04 bits per heavy atom. The van der Waals surface area contributed by atoms with Gasteiger partial charge in [0.15, 0.2) is 5.82 Å². The van der Waals surface area contributed by atoms with Gasteiger partial charge in [-0.1, -0.05) is 0 Å². The van der Waals surface area contributed by atoms with Gasteiger partial charge in [0.05, 0.1) is 12.7 Å². The second-order valence-corrected chi connectivity index (χ2v) is 10.1. The largest absolute Gasteiger partial charge is 0.497 e. The van der Waals surface area contributed by atoms with E-state index in [1.54, 1.807) is 0 Å². The molecule has 1 amide bonds. The smallest absolute Gasteiger partial charge is 0.420 e. The van der Waals surface area contributed by atoms with Crippen LogP contribution in [0, 0.1) is 17.6 Å². The van der Waals surface area contributed by atoms with Gasteiger partial charge in [0.25, 0.3) is 11.5 Å². The highest BCUT2D eigenvalue weighted by atomic mass is 19.4. The molecule has 0 saturated heterocycles. The van der Waals surface area contributed by atoms with Crippen LogP contribution in [0.15, 0.2) is 53.3 Å². The second-order valence-electron chi connectivity index (χ2n) is 10.1. The highest BCUT2D eigenvalue weighted by Crippen LogP contribution is 2.37. The van der Waals surface area contributed by atoms with Crippen LogP contribution in [0.5, 0.6) is 11.5 Å². The molecule has 0 unspecified atom stereocenters. The van der Waals surface area contributed by atoms with Gasteiger partial charge in [-0.05, 0) is 55.2 Å². The van der Waals surface area contributed by atoms with Gasteiger partial charge in [0.1, 0.15) is 45.9 Å². The summed E-state index contributed by atoms with van der Waals surface area (Å²) in [6, 6.07) is 7.59. The quantitative estimate of drug-likeness (QED) is 0.200. The van der Waals surface area contributed by atoms with Crippen molar-refractivity contribution in [3.05, 3.63) is 81.6 Å². The number of halogens is 7. The van der Waals surface area contributed by atoms with Crippen molar-refractivity contribution in [3.8, 4) is 28.6 Å². The average molecular weight is 640 g/mol. The molecule has 1 saturated carbocycles. The van der Waals surface area contributed by atoms with Crippen molar-refractivity contribution in [2.75, 3.05) is 24.3 Å². The lowest BCUT2D eigenvalue weighted by atomic mass is 10.1. The van der Waals surface area contributed by atoms with Gasteiger partial charge in [-0.15, -0.1) is 0 Å². The van der Waals surface area contributed by atoms with E-state index in [-0.39, 0.29) is 22.9 Å². The van der Waals surface area contributed by atoms with Gasteiger partial charge in [-0.3, -0.25) is 14.3 Å². The van der Waals surface area contributed by atoms with Gasteiger partial charge < -0.3 is 20.1 Å². The average Bonchev–Trinajstić information content (AvgIpc) is 3.77. The van der Waals surface area contributed by atoms with Gasteiger partial charge in [0.2, 0.25) is 0 Å². The van der Waals surface area contributed by atoms with Crippen molar-refractivity contribution >= 4 is 17.4 Å². The van der Waals surface area contributed by atoms with Crippen LogP contribution < -0.4 is 25.7 Å². The topological polar surface area (TPSA) is 99.4 Å². The van der Waals surface area contributed by atoms with Gasteiger partial charge >= 0.3 is 12.8 Å². The minimum absolute atomic E-state index is 0.0121. The standard InChI is InChI=1S/C29H24F7N5O4/c1-40-24(22-19(30)11-17(44-2)12-20(22)31)23(39-26(42)15-5-7-16(8-6-15)45-28(32)33)27(43)41(40)25-18(29(34,35)36)9-10-21(38-25)37-13-14-3-4-14/h5-12,14,28H,3-4,13H2,1-2H3,(H,37,38)(H,39,42). The number of alkyl halides is 5. The number of aromatic nitrogens is 3. The lowest BCUT2D eigenvalue weighted by molar-refractivity contribution is -0.137. The molecule has 4 aromatic rings. The molecule has 45 heavy (non-hydrogen) atoms. The summed E-state index contributed by atoms with van der Waals surface area (Å²) in [6.45, 7) is -2.71. The minimum atomic E-state index is -5.01. The molecule has 5 rings (SSSR count). The monoisotopic (exact) mass is 639 g/mol. The number of pyridine rings is 1. The third kappa shape index (κ3) is 6.58. The highest BCUT2D eigenvalue weighted by Gasteiger charge is 2.38. The summed E-state index contributed by atoms with van der Waals surface area (Å²) in [4.78, 5) is 31.1. The summed E-state index contributed by atoms with van der Waals surface area (Å²) in [5, 5.41) is 5.14. The maximum atomic E-state index is 15.4. The van der Waals surface area contributed by atoms with Crippen LogP contribution in [0.1, 0.15) is 28.8 Å². The Morgan fingerprint density at radius 3 is 2.24 bits per heavy atom. The van der Waals surface area contributed by atoms with E-state index in [2.05, 4.69) is 20.4 Å². The molecule has 0 bridgehead atoms. The summed E-state index contributed by atoms with van der Waals surface area (Å²) in [5.41, 5.74) is -5.11. The van der Waals surface area contributed by atoms with E-state index in [1.165, 1.54) is 0 Å². The van der Waals surface area contributed by atoms with Crippen molar-refractivity contribution < 1.29 is 45.0 Å². The predicted molar refractivity (Wildman–Crippen MR) is 148 cm³/mol. The molecule has 1 aliphatic carbocycles. The Labute approximate surface area is 250 Å². The number of anilines is 2. The summed E-state index contributed by atoms with van der Waals surface area (Å²) in [7, 11) is 2.22. The molecule has 16 heteroatoms. The number of nitrogens with one attached hydrogen (secondary N) is 2. The zero-order valence-corrected chi connectivity index (χ0v) is 23.5. The van der Waals surface area contributed by atoms with E-state index in [1.807, 2.05) is 0 Å². The van der Waals surface area contributed by atoms with Gasteiger partial charge in [-0.25, -0.2) is 13.8 Å². The molecule has 1 aliphatic rings. The Morgan fingerprint density at radius 2 is 1.69 bits per heavy atom. The Balaban J connectivity index is 1.69. The number of benzene rings is 2. The van der Waals surface area contributed by atoms with E-state index in [0.29, 0.717) is 23.2 Å². The van der Waals surface area contributed by atoms with E-state index in [9.17, 15) is 31.5 Å². The van der Waals surface area contributed by atoms with Crippen molar-refractivity contribution in [1.82, 2.24) is 14.3 Å². The molecule has 1 fully saturated rings. The number of hydrogen-bond acceptors (Lipinski definition) is 6. The van der Waals surface area contributed by atoms with Crippen LogP contribution >= 0.6 is 0 Å². The van der Waals surface area contributed by atoms with Crippen LogP contribution in [0.2, 0.25) is 0 Å². The van der Waals surface area contributed by atoms with Crippen molar-refractivity contribution in [3.63, 3.8) is 0 Å². The van der Waals surface area contributed by atoms with Crippen LogP contribution in [0.25, 0.3) is 17.1 Å². The number of rotatable bonds is 10. The molecule has 238 valence electrons. The lowest BCUT2D eigenvalue weighted by Crippen LogP contribution is -2.26. The number of carbonyl (C=O) groups is 1. The summed E-state index contributed by atoms with van der Waals surface area (Å²) in [5.74, 6) is -4.66. The van der Waals surface area contributed by atoms with E-state index < -0.39 is 64.2 Å². The highest BCUT2D eigenvalue weighted by molar-refractivity contribution is 6.06. The molecular formula is C29H24F7N5O4. The molecular weight excluding hydrogens is 615 g/mol. The Bertz CT molecular complexity index is 1780. The summed E-state index contributed by atoms with van der Waals surface area (Å²) in [6.07, 6.45) is -3.14. The minimum Gasteiger partial charge on any atom is -0.497 e. The fraction of sp³-hybridized carbons (Fsp3) is 0.276.